The third kappa shape index (κ3) is 4.26. The average Bonchev–Trinajstić information content (AvgIpc) is 2.82. The molecule has 4 saturated carbocycles. The number of nitrogens with one attached hydrogen (secondary N) is 1. The molecule has 4 bridgehead atoms. The molecule has 7 rings (SSSR count). The largest absolute Gasteiger partial charge is 0.391 e. The minimum absolute atomic E-state index is 0.109. The summed E-state index contributed by atoms with van der Waals surface area (Å²) in [6.07, 6.45) is 9.78. The Morgan fingerprint density at radius 2 is 1.82 bits per heavy atom. The van der Waals surface area contributed by atoms with Crippen LogP contribution in [0.25, 0.3) is 0 Å². The van der Waals surface area contributed by atoms with Crippen molar-refractivity contribution in [1.29, 1.82) is 0 Å². The summed E-state index contributed by atoms with van der Waals surface area (Å²) in [7, 11) is 0. The number of fused-ring (bicyclic) bond motifs is 1. The first-order chi connectivity index (χ1) is 16.1. The highest BCUT2D eigenvalue weighted by Gasteiger charge is 2.53. The van der Waals surface area contributed by atoms with Crippen molar-refractivity contribution in [2.24, 2.45) is 23.2 Å². The standard InChI is InChI=1S/C25H37N5O3/c31-22(25-10-17-7-18(11-25)9-19(8-17)12-25)13-26-24-20-1-2-30(14-21(20)27-16-28-24)23(32)15-29-3-5-33-6-4-29/h16-19,22,31H,1-15H2,(H,26,27,28). The number of hydrogen-bond acceptors (Lipinski definition) is 7. The highest BCUT2D eigenvalue weighted by molar-refractivity contribution is 5.78. The van der Waals surface area contributed by atoms with E-state index in [1.807, 2.05) is 4.90 Å². The van der Waals surface area contributed by atoms with E-state index >= 15 is 0 Å². The number of morpholine rings is 1. The van der Waals surface area contributed by atoms with E-state index in [0.717, 1.165) is 54.3 Å². The number of anilines is 1. The van der Waals surface area contributed by atoms with Gasteiger partial charge in [0.15, 0.2) is 0 Å². The molecule has 2 N–H and O–H groups in total. The Hall–Kier alpha value is -1.77. The number of nitrogens with zero attached hydrogens (tertiary/aromatic N) is 4. The molecule has 3 heterocycles. The van der Waals surface area contributed by atoms with Gasteiger partial charge in [-0.3, -0.25) is 9.69 Å². The third-order valence-electron chi connectivity index (χ3n) is 9.08. The third-order valence-corrected chi connectivity index (χ3v) is 9.08. The van der Waals surface area contributed by atoms with Gasteiger partial charge in [-0.05, 0) is 68.1 Å². The predicted molar refractivity (Wildman–Crippen MR) is 124 cm³/mol. The van der Waals surface area contributed by atoms with E-state index in [0.29, 0.717) is 39.4 Å². The molecule has 8 nitrogen and oxygen atoms in total. The van der Waals surface area contributed by atoms with Crippen LogP contribution in [0.1, 0.15) is 49.8 Å². The molecule has 180 valence electrons. The van der Waals surface area contributed by atoms with Crippen LogP contribution in [0, 0.1) is 23.2 Å². The average molecular weight is 456 g/mol. The maximum Gasteiger partial charge on any atom is 0.237 e. The van der Waals surface area contributed by atoms with Crippen LogP contribution in [0.4, 0.5) is 5.82 Å². The lowest BCUT2D eigenvalue weighted by molar-refractivity contribution is -0.134. The molecule has 1 aromatic heterocycles. The molecule has 6 aliphatic rings. The fourth-order valence-electron chi connectivity index (χ4n) is 7.77. The first-order valence-electron chi connectivity index (χ1n) is 12.9. The van der Waals surface area contributed by atoms with Crippen molar-refractivity contribution in [2.45, 2.75) is 57.6 Å². The molecule has 0 radical (unpaired) electrons. The summed E-state index contributed by atoms with van der Waals surface area (Å²) in [5.74, 6) is 3.49. The van der Waals surface area contributed by atoms with Crippen LogP contribution in [0.3, 0.4) is 0 Å². The molecule has 8 heteroatoms. The second-order valence-corrected chi connectivity index (χ2v) is 11.3. The van der Waals surface area contributed by atoms with Crippen molar-refractivity contribution in [3.05, 3.63) is 17.6 Å². The van der Waals surface area contributed by atoms with Gasteiger partial charge in [0.1, 0.15) is 12.1 Å². The zero-order valence-electron chi connectivity index (χ0n) is 19.5. The van der Waals surface area contributed by atoms with Gasteiger partial charge in [0.2, 0.25) is 5.91 Å². The Labute approximate surface area is 196 Å². The monoisotopic (exact) mass is 455 g/mol. The van der Waals surface area contributed by atoms with Crippen LogP contribution in [0.5, 0.6) is 0 Å². The van der Waals surface area contributed by atoms with E-state index in [1.54, 1.807) is 6.33 Å². The zero-order valence-corrected chi connectivity index (χ0v) is 19.5. The van der Waals surface area contributed by atoms with Crippen LogP contribution in [0.15, 0.2) is 6.33 Å². The van der Waals surface area contributed by atoms with Crippen LogP contribution in [-0.2, 0) is 22.5 Å². The number of aromatic nitrogens is 2. The minimum atomic E-state index is -0.327. The molecule has 0 aromatic carbocycles. The Morgan fingerprint density at radius 3 is 2.52 bits per heavy atom. The Balaban J connectivity index is 1.08. The summed E-state index contributed by atoms with van der Waals surface area (Å²) in [5, 5.41) is 14.8. The van der Waals surface area contributed by atoms with Gasteiger partial charge in [-0.2, -0.15) is 0 Å². The maximum atomic E-state index is 12.8. The number of aliphatic hydroxyl groups is 1. The summed E-state index contributed by atoms with van der Waals surface area (Å²) in [6, 6.07) is 0. The normalized spacial score (nSPS) is 34.2. The van der Waals surface area contributed by atoms with Crippen molar-refractivity contribution < 1.29 is 14.6 Å². The minimum Gasteiger partial charge on any atom is -0.391 e. The van der Waals surface area contributed by atoms with Crippen molar-refractivity contribution in [3.8, 4) is 0 Å². The second-order valence-electron chi connectivity index (χ2n) is 11.3. The van der Waals surface area contributed by atoms with E-state index in [4.69, 9.17) is 4.74 Å². The summed E-state index contributed by atoms with van der Waals surface area (Å²) in [5.41, 5.74) is 2.14. The number of carbonyl (C=O) groups is 1. The molecule has 1 amide bonds. The number of aliphatic hydroxyl groups excluding tert-OH is 1. The Morgan fingerprint density at radius 1 is 1.12 bits per heavy atom. The van der Waals surface area contributed by atoms with Gasteiger partial charge in [-0.25, -0.2) is 9.97 Å². The van der Waals surface area contributed by atoms with Crippen LogP contribution >= 0.6 is 0 Å². The number of ether oxygens (including phenoxy) is 1. The molecule has 2 aliphatic heterocycles. The van der Waals surface area contributed by atoms with Gasteiger partial charge >= 0.3 is 0 Å². The summed E-state index contributed by atoms with van der Waals surface area (Å²) in [4.78, 5) is 25.9. The summed E-state index contributed by atoms with van der Waals surface area (Å²) >= 11 is 0. The van der Waals surface area contributed by atoms with Crippen molar-refractivity contribution in [1.82, 2.24) is 19.8 Å². The van der Waals surface area contributed by atoms with Gasteiger partial charge < -0.3 is 20.1 Å². The number of rotatable bonds is 6. The second kappa shape index (κ2) is 8.78. The van der Waals surface area contributed by atoms with Gasteiger partial charge in [0.05, 0.1) is 38.1 Å². The molecule has 1 saturated heterocycles. The highest BCUT2D eigenvalue weighted by Crippen LogP contribution is 2.61. The summed E-state index contributed by atoms with van der Waals surface area (Å²) in [6.45, 7) is 5.27. The SMILES string of the molecule is O=C(CN1CCOCC1)N1CCc2c(ncnc2NCC(O)C23CC4CC(CC(C4)C2)C3)C1. The van der Waals surface area contributed by atoms with Crippen LogP contribution in [0.2, 0.25) is 0 Å². The van der Waals surface area contributed by atoms with Crippen molar-refractivity contribution in [3.63, 3.8) is 0 Å². The van der Waals surface area contributed by atoms with Crippen molar-refractivity contribution in [2.75, 3.05) is 51.3 Å². The molecule has 4 aliphatic carbocycles. The first-order valence-corrected chi connectivity index (χ1v) is 12.9. The smallest absolute Gasteiger partial charge is 0.237 e. The maximum absolute atomic E-state index is 12.8. The fraction of sp³-hybridized carbons (Fsp3) is 0.800. The van der Waals surface area contributed by atoms with E-state index in [2.05, 4.69) is 20.2 Å². The topological polar surface area (TPSA) is 90.8 Å². The lowest BCUT2D eigenvalue weighted by Crippen LogP contribution is -2.53. The molecule has 33 heavy (non-hydrogen) atoms. The number of carbonyl (C=O) groups excluding carboxylic acids is 1. The lowest BCUT2D eigenvalue weighted by Gasteiger charge is -2.58. The van der Waals surface area contributed by atoms with E-state index in [-0.39, 0.29) is 17.4 Å². The van der Waals surface area contributed by atoms with E-state index < -0.39 is 0 Å². The van der Waals surface area contributed by atoms with Crippen LogP contribution < -0.4 is 5.32 Å². The number of hydrogen-bond donors (Lipinski definition) is 2. The zero-order chi connectivity index (χ0) is 22.4. The van der Waals surface area contributed by atoms with E-state index in [9.17, 15) is 9.90 Å². The van der Waals surface area contributed by atoms with E-state index in [1.165, 1.54) is 38.5 Å². The first kappa shape index (κ1) is 21.7. The predicted octanol–water partition coefficient (Wildman–Crippen LogP) is 1.68. The quantitative estimate of drug-likeness (QED) is 0.674. The molecule has 1 atom stereocenters. The van der Waals surface area contributed by atoms with Gasteiger partial charge in [0, 0.05) is 31.7 Å². The highest BCUT2D eigenvalue weighted by atomic mass is 16.5. The van der Waals surface area contributed by atoms with Gasteiger partial charge in [0.25, 0.3) is 0 Å². The van der Waals surface area contributed by atoms with Crippen molar-refractivity contribution >= 4 is 11.7 Å². The summed E-state index contributed by atoms with van der Waals surface area (Å²) < 4.78 is 5.39. The number of amides is 1. The molecular formula is C25H37N5O3. The molecule has 1 aromatic rings. The fourth-order valence-corrected chi connectivity index (χ4v) is 7.77. The van der Waals surface area contributed by atoms with Gasteiger partial charge in [-0.15, -0.1) is 0 Å². The molecule has 0 spiro atoms. The van der Waals surface area contributed by atoms with Crippen LogP contribution in [-0.4, -0.2) is 82.8 Å². The molecule has 1 unspecified atom stereocenters. The molecular weight excluding hydrogens is 418 g/mol. The Kier molecular flexibility index (Phi) is 5.79. The lowest BCUT2D eigenvalue weighted by atomic mass is 9.48. The molecule has 5 fully saturated rings. The Bertz CT molecular complexity index is 852. The van der Waals surface area contributed by atoms with Gasteiger partial charge in [-0.1, -0.05) is 0 Å².